The maximum atomic E-state index is 11.4. The summed E-state index contributed by atoms with van der Waals surface area (Å²) in [5, 5.41) is 10.3. The number of hydrogen-bond acceptors (Lipinski definition) is 5. The molecule has 102 valence electrons. The van der Waals surface area contributed by atoms with E-state index in [9.17, 15) is 9.59 Å². The number of carbonyl (C=O) groups excluding carboxylic acids is 1. The van der Waals surface area contributed by atoms with Crippen molar-refractivity contribution in [1.29, 1.82) is 5.26 Å². The van der Waals surface area contributed by atoms with Gasteiger partial charge in [-0.25, -0.2) is 0 Å². The molecule has 0 aromatic carbocycles. The fraction of sp³-hybridized carbons (Fsp3) is 0.462. The van der Waals surface area contributed by atoms with Crippen molar-refractivity contribution >= 4 is 5.91 Å². The largest absolute Gasteiger partial charge is 0.464 e. The standard InChI is InChI=1S/C13H16N2O4/c1-8(2)11-4-10(16)5-12(19-11)18-6-9(3)13(17)15-7-14/h4-5,8-9H,6H2,1-3H3,(H,15,17). The summed E-state index contributed by atoms with van der Waals surface area (Å²) in [6.45, 7) is 5.42. The van der Waals surface area contributed by atoms with E-state index in [0.29, 0.717) is 5.76 Å². The van der Waals surface area contributed by atoms with Gasteiger partial charge < -0.3 is 9.15 Å². The van der Waals surface area contributed by atoms with E-state index in [1.165, 1.54) is 12.1 Å². The highest BCUT2D eigenvalue weighted by molar-refractivity contribution is 5.79. The van der Waals surface area contributed by atoms with Crippen LogP contribution in [0, 0.1) is 17.4 Å². The van der Waals surface area contributed by atoms with E-state index >= 15 is 0 Å². The lowest BCUT2D eigenvalue weighted by Crippen LogP contribution is -2.29. The van der Waals surface area contributed by atoms with Crippen molar-refractivity contribution in [1.82, 2.24) is 5.32 Å². The Hall–Kier alpha value is -2.29. The minimum Gasteiger partial charge on any atom is -0.464 e. The van der Waals surface area contributed by atoms with Gasteiger partial charge in [0.25, 0.3) is 5.95 Å². The average molecular weight is 264 g/mol. The number of rotatable bonds is 5. The molecule has 0 bridgehead atoms. The maximum absolute atomic E-state index is 11.4. The van der Waals surface area contributed by atoms with Crippen LogP contribution in [-0.2, 0) is 4.79 Å². The van der Waals surface area contributed by atoms with E-state index in [1.807, 2.05) is 19.2 Å². The Balaban J connectivity index is 2.71. The van der Waals surface area contributed by atoms with Gasteiger partial charge in [0.05, 0.1) is 12.0 Å². The van der Waals surface area contributed by atoms with Crippen molar-refractivity contribution < 1.29 is 13.9 Å². The van der Waals surface area contributed by atoms with Crippen LogP contribution in [0.1, 0.15) is 32.4 Å². The van der Waals surface area contributed by atoms with Gasteiger partial charge in [0.1, 0.15) is 12.4 Å². The van der Waals surface area contributed by atoms with Gasteiger partial charge in [0, 0.05) is 12.0 Å². The van der Waals surface area contributed by atoms with E-state index in [2.05, 4.69) is 0 Å². The van der Waals surface area contributed by atoms with Crippen LogP contribution in [0.25, 0.3) is 0 Å². The summed E-state index contributed by atoms with van der Waals surface area (Å²) in [7, 11) is 0. The van der Waals surface area contributed by atoms with Gasteiger partial charge >= 0.3 is 0 Å². The second kappa shape index (κ2) is 6.59. The Labute approximate surface area is 111 Å². The number of hydrogen-bond donors (Lipinski definition) is 1. The molecule has 1 aromatic heterocycles. The van der Waals surface area contributed by atoms with Crippen molar-refractivity contribution in [3.63, 3.8) is 0 Å². The fourth-order valence-corrected chi connectivity index (χ4v) is 1.29. The van der Waals surface area contributed by atoms with Crippen LogP contribution in [0.3, 0.4) is 0 Å². The molecule has 0 radical (unpaired) electrons. The summed E-state index contributed by atoms with van der Waals surface area (Å²) in [5.41, 5.74) is -0.209. The van der Waals surface area contributed by atoms with Gasteiger partial charge in [-0.2, -0.15) is 5.26 Å². The highest BCUT2D eigenvalue weighted by Gasteiger charge is 2.14. The molecule has 1 unspecified atom stereocenters. The first-order valence-corrected chi connectivity index (χ1v) is 5.91. The Morgan fingerprint density at radius 3 is 2.74 bits per heavy atom. The predicted octanol–water partition coefficient (Wildman–Crippen LogP) is 1.38. The van der Waals surface area contributed by atoms with Crippen molar-refractivity contribution in [3.8, 4) is 12.1 Å². The van der Waals surface area contributed by atoms with Crippen molar-refractivity contribution in [3.05, 3.63) is 28.1 Å². The quantitative estimate of drug-likeness (QED) is 0.640. The lowest BCUT2D eigenvalue weighted by Gasteiger charge is -2.11. The minimum absolute atomic E-state index is 0.0258. The van der Waals surface area contributed by atoms with Gasteiger partial charge in [-0.1, -0.05) is 20.8 Å². The van der Waals surface area contributed by atoms with Crippen LogP contribution >= 0.6 is 0 Å². The number of amides is 1. The van der Waals surface area contributed by atoms with E-state index in [4.69, 9.17) is 14.4 Å². The zero-order valence-corrected chi connectivity index (χ0v) is 11.1. The normalized spacial score (nSPS) is 11.7. The molecule has 6 heteroatoms. The van der Waals surface area contributed by atoms with Gasteiger partial charge in [-0.15, -0.1) is 0 Å². The highest BCUT2D eigenvalue weighted by Crippen LogP contribution is 2.18. The second-order valence-corrected chi connectivity index (χ2v) is 4.48. The van der Waals surface area contributed by atoms with Gasteiger partial charge in [-0.05, 0) is 0 Å². The highest BCUT2D eigenvalue weighted by atomic mass is 16.6. The molecule has 0 saturated heterocycles. The monoisotopic (exact) mass is 264 g/mol. The fourth-order valence-electron chi connectivity index (χ4n) is 1.29. The van der Waals surface area contributed by atoms with E-state index < -0.39 is 11.8 Å². The van der Waals surface area contributed by atoms with E-state index in [0.717, 1.165) is 0 Å². The maximum Gasteiger partial charge on any atom is 0.288 e. The van der Waals surface area contributed by atoms with Crippen LogP contribution in [0.4, 0.5) is 0 Å². The first-order chi connectivity index (χ1) is 8.93. The Morgan fingerprint density at radius 1 is 1.47 bits per heavy atom. The summed E-state index contributed by atoms with van der Waals surface area (Å²) < 4.78 is 10.7. The lowest BCUT2D eigenvalue weighted by molar-refractivity contribution is -0.124. The summed E-state index contributed by atoms with van der Waals surface area (Å²) >= 11 is 0. The van der Waals surface area contributed by atoms with Crippen molar-refractivity contribution in [2.24, 2.45) is 5.92 Å². The third-order valence-electron chi connectivity index (χ3n) is 2.43. The molecule has 19 heavy (non-hydrogen) atoms. The summed E-state index contributed by atoms with van der Waals surface area (Å²) in [4.78, 5) is 22.7. The molecule has 0 aliphatic rings. The lowest BCUT2D eigenvalue weighted by atomic mass is 10.1. The first kappa shape index (κ1) is 14.8. The molecule has 0 fully saturated rings. The van der Waals surface area contributed by atoms with Crippen LogP contribution in [0.5, 0.6) is 5.95 Å². The number of nitrogens with one attached hydrogen (secondary N) is 1. The Morgan fingerprint density at radius 2 is 2.16 bits per heavy atom. The zero-order chi connectivity index (χ0) is 14.4. The minimum atomic E-state index is -0.521. The van der Waals surface area contributed by atoms with Crippen molar-refractivity contribution in [2.45, 2.75) is 26.7 Å². The molecule has 0 saturated carbocycles. The molecule has 1 rings (SSSR count). The van der Waals surface area contributed by atoms with E-state index in [-0.39, 0.29) is 23.9 Å². The summed E-state index contributed by atoms with van der Waals surface area (Å²) in [6.07, 6.45) is 1.55. The molecule has 6 nitrogen and oxygen atoms in total. The molecular weight excluding hydrogens is 248 g/mol. The first-order valence-electron chi connectivity index (χ1n) is 5.91. The molecule has 1 N–H and O–H groups in total. The van der Waals surface area contributed by atoms with Crippen LogP contribution in [0.15, 0.2) is 21.3 Å². The summed E-state index contributed by atoms with van der Waals surface area (Å²) in [6, 6.07) is 2.63. The molecule has 1 heterocycles. The summed E-state index contributed by atoms with van der Waals surface area (Å²) in [5.74, 6) is -0.294. The number of nitrogens with zero attached hydrogens (tertiary/aromatic N) is 1. The van der Waals surface area contributed by atoms with Crippen LogP contribution in [-0.4, -0.2) is 12.5 Å². The number of carbonyl (C=O) groups is 1. The average Bonchev–Trinajstić information content (AvgIpc) is 2.35. The molecular formula is C13H16N2O4. The smallest absolute Gasteiger partial charge is 0.288 e. The SMILES string of the molecule is CC(COc1cc(=O)cc(C(C)C)o1)C(=O)NC#N. The molecule has 1 amide bonds. The molecule has 1 atom stereocenters. The van der Waals surface area contributed by atoms with Gasteiger partial charge in [0.2, 0.25) is 5.91 Å². The van der Waals surface area contributed by atoms with Crippen LogP contribution < -0.4 is 15.5 Å². The van der Waals surface area contributed by atoms with E-state index in [1.54, 1.807) is 13.1 Å². The molecule has 0 aliphatic carbocycles. The molecule has 0 spiro atoms. The molecule has 1 aromatic rings. The second-order valence-electron chi connectivity index (χ2n) is 4.48. The Bertz CT molecular complexity index is 542. The predicted molar refractivity (Wildman–Crippen MR) is 67.5 cm³/mol. The number of ether oxygens (including phenoxy) is 1. The van der Waals surface area contributed by atoms with Gasteiger partial charge in [-0.3, -0.25) is 14.9 Å². The van der Waals surface area contributed by atoms with Gasteiger partial charge in [0.15, 0.2) is 11.6 Å². The number of nitriles is 1. The Kier molecular flexibility index (Phi) is 5.12. The third-order valence-corrected chi connectivity index (χ3v) is 2.43. The topological polar surface area (TPSA) is 92.3 Å². The third kappa shape index (κ3) is 4.47. The van der Waals surface area contributed by atoms with Crippen molar-refractivity contribution in [2.75, 3.05) is 6.61 Å². The molecule has 0 aliphatic heterocycles. The zero-order valence-electron chi connectivity index (χ0n) is 11.1. The van der Waals surface area contributed by atoms with Crippen LogP contribution in [0.2, 0.25) is 0 Å².